The van der Waals surface area contributed by atoms with Crippen molar-refractivity contribution in [1.82, 2.24) is 4.90 Å². The van der Waals surface area contributed by atoms with E-state index in [1.54, 1.807) is 0 Å². The summed E-state index contributed by atoms with van der Waals surface area (Å²) >= 11 is 0. The Bertz CT molecular complexity index is 278. The lowest BCUT2D eigenvalue weighted by Crippen LogP contribution is -2.48. The summed E-state index contributed by atoms with van der Waals surface area (Å²) in [6, 6.07) is 1.01. The van der Waals surface area contributed by atoms with E-state index in [0.29, 0.717) is 0 Å². The van der Waals surface area contributed by atoms with Crippen molar-refractivity contribution in [2.45, 2.75) is 58.6 Å². The van der Waals surface area contributed by atoms with Crippen LogP contribution in [0.5, 0.6) is 0 Å². The van der Waals surface area contributed by atoms with Crippen LogP contribution in [0.2, 0.25) is 32.2 Å². The van der Waals surface area contributed by atoms with Crippen LogP contribution in [0.1, 0.15) is 20.3 Å². The monoisotopic (exact) mass is 304 g/mol. The maximum Gasteiger partial charge on any atom is 0.324 e. The van der Waals surface area contributed by atoms with E-state index in [0.717, 1.165) is 19.0 Å². The first-order valence-electron chi connectivity index (χ1n) is 7.08. The maximum atomic E-state index is 6.36. The van der Waals surface area contributed by atoms with E-state index >= 15 is 0 Å². The third-order valence-corrected chi connectivity index (χ3v) is 8.65. The summed E-state index contributed by atoms with van der Waals surface area (Å²) in [5.41, 5.74) is 0. The highest BCUT2D eigenvalue weighted by Gasteiger charge is 2.36. The van der Waals surface area contributed by atoms with Gasteiger partial charge in [0.1, 0.15) is 0 Å². The van der Waals surface area contributed by atoms with Crippen molar-refractivity contribution in [3.63, 3.8) is 0 Å². The molecule has 0 saturated heterocycles. The normalized spacial score (nSPS) is 16.1. The van der Waals surface area contributed by atoms with Gasteiger partial charge in [-0.2, -0.15) is 0 Å². The molecule has 114 valence electrons. The number of hydrogen-bond donors (Lipinski definition) is 0. The molecule has 0 radical (unpaired) electrons. The highest BCUT2D eigenvalue weighted by atomic mass is 28.4. The first-order valence-corrected chi connectivity index (χ1v) is 13.0. The Kier molecular flexibility index (Phi) is 8.11. The van der Waals surface area contributed by atoms with E-state index in [1.165, 1.54) is 0 Å². The standard InChI is InChI=1S/C13H32N2O2Si2/c1-13(2)16-19(8,17-18(5,6)7)11-9-10-14-12-15(3)4/h12-13H,9-11H2,1-8H3/b14-12+. The average Bonchev–Trinajstić information content (AvgIpc) is 2.11. The molecule has 0 amide bonds. The zero-order valence-corrected chi connectivity index (χ0v) is 16.0. The van der Waals surface area contributed by atoms with Crippen molar-refractivity contribution in [2.75, 3.05) is 20.6 Å². The van der Waals surface area contributed by atoms with Gasteiger partial charge >= 0.3 is 8.56 Å². The molecule has 6 heteroatoms. The summed E-state index contributed by atoms with van der Waals surface area (Å²) in [4.78, 5) is 6.33. The van der Waals surface area contributed by atoms with E-state index in [2.05, 4.69) is 45.0 Å². The van der Waals surface area contributed by atoms with Gasteiger partial charge < -0.3 is 13.4 Å². The Balaban J connectivity index is 4.35. The van der Waals surface area contributed by atoms with E-state index in [1.807, 2.05) is 25.3 Å². The molecule has 1 atom stereocenters. The Labute approximate surface area is 121 Å². The highest BCUT2D eigenvalue weighted by molar-refractivity contribution is 6.81. The van der Waals surface area contributed by atoms with Gasteiger partial charge in [-0.05, 0) is 52.5 Å². The fourth-order valence-corrected chi connectivity index (χ4v) is 9.69. The van der Waals surface area contributed by atoms with E-state index in [4.69, 9.17) is 8.54 Å². The van der Waals surface area contributed by atoms with Gasteiger partial charge in [0.15, 0.2) is 8.32 Å². The van der Waals surface area contributed by atoms with Crippen molar-refractivity contribution in [3.8, 4) is 0 Å². The topological polar surface area (TPSA) is 34.1 Å². The molecule has 19 heavy (non-hydrogen) atoms. The van der Waals surface area contributed by atoms with Crippen LogP contribution in [0, 0.1) is 0 Å². The fraction of sp³-hybridized carbons (Fsp3) is 0.923. The number of nitrogens with zero attached hydrogens (tertiary/aromatic N) is 2. The predicted molar refractivity (Wildman–Crippen MR) is 88.7 cm³/mol. The molecule has 0 aromatic heterocycles. The predicted octanol–water partition coefficient (Wildman–Crippen LogP) is 3.31. The van der Waals surface area contributed by atoms with E-state index in [9.17, 15) is 0 Å². The second kappa shape index (κ2) is 8.19. The van der Waals surface area contributed by atoms with Gasteiger partial charge in [0.05, 0.1) is 6.34 Å². The van der Waals surface area contributed by atoms with Crippen molar-refractivity contribution in [2.24, 2.45) is 4.99 Å². The smallest absolute Gasteiger partial charge is 0.324 e. The molecule has 0 aromatic rings. The molecule has 0 aliphatic carbocycles. The summed E-state index contributed by atoms with van der Waals surface area (Å²) in [7, 11) is 0.363. The Morgan fingerprint density at radius 3 is 2.16 bits per heavy atom. The van der Waals surface area contributed by atoms with Crippen LogP contribution in [0.25, 0.3) is 0 Å². The molecule has 0 saturated carbocycles. The molecule has 0 fully saturated rings. The number of hydrogen-bond acceptors (Lipinski definition) is 3. The minimum absolute atomic E-state index is 0.235. The van der Waals surface area contributed by atoms with Gasteiger partial charge in [-0.25, -0.2) is 0 Å². The van der Waals surface area contributed by atoms with Gasteiger partial charge in [-0.15, -0.1) is 0 Å². The molecule has 0 heterocycles. The minimum Gasteiger partial charge on any atom is -0.436 e. The molecule has 0 aliphatic heterocycles. The zero-order valence-electron chi connectivity index (χ0n) is 14.0. The first kappa shape index (κ1) is 18.8. The second-order valence-electron chi connectivity index (χ2n) is 6.60. The van der Waals surface area contributed by atoms with Crippen LogP contribution in [-0.4, -0.2) is 54.9 Å². The summed E-state index contributed by atoms with van der Waals surface area (Å²) in [6.45, 7) is 13.9. The lowest BCUT2D eigenvalue weighted by molar-refractivity contribution is 0.182. The molecule has 0 aliphatic rings. The third-order valence-electron chi connectivity index (χ3n) is 2.24. The molecule has 0 rings (SSSR count). The zero-order chi connectivity index (χ0) is 15.1. The van der Waals surface area contributed by atoms with Crippen molar-refractivity contribution < 1.29 is 8.54 Å². The molecular weight excluding hydrogens is 272 g/mol. The Hall–Kier alpha value is -0.176. The van der Waals surface area contributed by atoms with Gasteiger partial charge in [0.25, 0.3) is 0 Å². The molecule has 1 unspecified atom stereocenters. The van der Waals surface area contributed by atoms with Crippen molar-refractivity contribution in [3.05, 3.63) is 0 Å². The highest BCUT2D eigenvalue weighted by Crippen LogP contribution is 2.22. The lowest BCUT2D eigenvalue weighted by atomic mass is 10.5. The largest absolute Gasteiger partial charge is 0.436 e. The van der Waals surface area contributed by atoms with Crippen molar-refractivity contribution >= 4 is 23.2 Å². The average molecular weight is 305 g/mol. The number of rotatable bonds is 9. The van der Waals surface area contributed by atoms with E-state index < -0.39 is 16.9 Å². The summed E-state index contributed by atoms with van der Waals surface area (Å²) in [5.74, 6) is 0. The molecule has 0 aromatic carbocycles. The molecular formula is C13H32N2O2Si2. The summed E-state index contributed by atoms with van der Waals surface area (Å²) < 4.78 is 12.5. The number of aliphatic imine (C=N–C) groups is 1. The Morgan fingerprint density at radius 2 is 1.74 bits per heavy atom. The van der Waals surface area contributed by atoms with E-state index in [-0.39, 0.29) is 6.10 Å². The van der Waals surface area contributed by atoms with Crippen LogP contribution < -0.4 is 0 Å². The minimum atomic E-state index is -2.05. The Morgan fingerprint density at radius 1 is 1.16 bits per heavy atom. The van der Waals surface area contributed by atoms with Crippen LogP contribution in [0.3, 0.4) is 0 Å². The molecule has 0 spiro atoms. The maximum absolute atomic E-state index is 6.36. The van der Waals surface area contributed by atoms with Crippen LogP contribution in [-0.2, 0) is 8.54 Å². The van der Waals surface area contributed by atoms with Crippen LogP contribution in [0.4, 0.5) is 0 Å². The lowest BCUT2D eigenvalue weighted by Gasteiger charge is -2.35. The quantitative estimate of drug-likeness (QED) is 0.284. The van der Waals surface area contributed by atoms with Gasteiger partial charge in [-0.3, -0.25) is 4.99 Å². The van der Waals surface area contributed by atoms with Gasteiger partial charge in [-0.1, -0.05) is 0 Å². The molecule has 0 bridgehead atoms. The first-order chi connectivity index (χ1) is 8.54. The summed E-state index contributed by atoms with van der Waals surface area (Å²) in [6.07, 6.45) is 3.13. The van der Waals surface area contributed by atoms with Crippen molar-refractivity contribution in [1.29, 1.82) is 0 Å². The van der Waals surface area contributed by atoms with Crippen LogP contribution in [0.15, 0.2) is 4.99 Å². The molecule has 0 N–H and O–H groups in total. The van der Waals surface area contributed by atoms with Gasteiger partial charge in [0.2, 0.25) is 0 Å². The fourth-order valence-electron chi connectivity index (χ4n) is 1.99. The van der Waals surface area contributed by atoms with Gasteiger partial charge in [0, 0.05) is 26.7 Å². The summed E-state index contributed by atoms with van der Waals surface area (Å²) in [5, 5.41) is 0. The SMILES string of the molecule is CC(C)O[Si](C)(CCC/N=C/N(C)C)O[Si](C)(C)C. The van der Waals surface area contributed by atoms with Crippen LogP contribution >= 0.6 is 0 Å². The molecule has 4 nitrogen and oxygen atoms in total. The second-order valence-corrected chi connectivity index (χ2v) is 14.6. The third kappa shape index (κ3) is 11.4.